The van der Waals surface area contributed by atoms with Gasteiger partial charge in [0.25, 0.3) is 5.97 Å². The Labute approximate surface area is 149 Å². The summed E-state index contributed by atoms with van der Waals surface area (Å²) < 4.78 is 32.9. The Balaban J connectivity index is 1.78. The van der Waals surface area contributed by atoms with Crippen molar-refractivity contribution >= 4 is 0 Å². The van der Waals surface area contributed by atoms with Gasteiger partial charge in [0.15, 0.2) is 12.6 Å². The largest absolute Gasteiger partial charge is 0.394 e. The molecule has 0 radical (unpaired) electrons. The van der Waals surface area contributed by atoms with Crippen LogP contribution in [0.5, 0.6) is 0 Å². The zero-order valence-electron chi connectivity index (χ0n) is 14.7. The molecule has 0 aliphatic carbocycles. The van der Waals surface area contributed by atoms with Gasteiger partial charge in [-0.3, -0.25) is 4.74 Å². The van der Waals surface area contributed by atoms with Crippen LogP contribution in [0.3, 0.4) is 0 Å². The minimum Gasteiger partial charge on any atom is -0.394 e. The Morgan fingerprint density at radius 3 is 2.27 bits per heavy atom. The van der Waals surface area contributed by atoms with Crippen LogP contribution in [0.4, 0.5) is 0 Å². The second-order valence-electron chi connectivity index (χ2n) is 6.76. The Kier molecular flexibility index (Phi) is 5.88. The maximum absolute atomic E-state index is 10.5. The Morgan fingerprint density at radius 1 is 0.962 bits per heavy atom. The van der Waals surface area contributed by atoms with Gasteiger partial charge in [-0.15, -0.1) is 0 Å². The van der Waals surface area contributed by atoms with Gasteiger partial charge in [-0.2, -0.15) is 0 Å². The molecule has 0 amide bonds. The molecule has 3 aliphatic heterocycles. The molecule has 11 atom stereocenters. The van der Waals surface area contributed by atoms with Crippen molar-refractivity contribution in [1.29, 1.82) is 0 Å². The second-order valence-corrected chi connectivity index (χ2v) is 6.76. The van der Waals surface area contributed by atoms with Crippen molar-refractivity contribution in [3.8, 4) is 0 Å². The highest BCUT2D eigenvalue weighted by Crippen LogP contribution is 2.39. The molecule has 0 aromatic carbocycles. The monoisotopic (exact) mass is 382 g/mol. The van der Waals surface area contributed by atoms with Crippen molar-refractivity contribution in [2.24, 2.45) is 0 Å². The quantitative estimate of drug-likeness (QED) is 0.338. The summed E-state index contributed by atoms with van der Waals surface area (Å²) in [5.41, 5.74) is 0. The molecule has 26 heavy (non-hydrogen) atoms. The van der Waals surface area contributed by atoms with Crippen LogP contribution < -0.4 is 0 Å². The van der Waals surface area contributed by atoms with E-state index in [1.54, 1.807) is 6.92 Å². The predicted octanol–water partition coefficient (Wildman–Crippen LogP) is -2.99. The molecule has 3 saturated heterocycles. The Bertz CT molecular complexity index is 490. The molecule has 5 N–H and O–H groups in total. The van der Waals surface area contributed by atoms with E-state index in [-0.39, 0.29) is 0 Å². The molecule has 152 valence electrons. The lowest BCUT2D eigenvalue weighted by Gasteiger charge is -2.44. The summed E-state index contributed by atoms with van der Waals surface area (Å²) in [4.78, 5) is 0. The normalized spacial score (nSPS) is 54.9. The highest BCUT2D eigenvalue weighted by molar-refractivity contribution is 4.95. The van der Waals surface area contributed by atoms with E-state index in [2.05, 4.69) is 0 Å². The SMILES string of the molecule is COC1(C)O[C@H]2O[C@@H](C)[C@H](O)[C@H](O[C@H]3O[C@H](CO)[C@@H](O)[C@H](O)[C@H]3O)[C@H]2O1. The zero-order valence-corrected chi connectivity index (χ0v) is 14.7. The van der Waals surface area contributed by atoms with Gasteiger partial charge in [0, 0.05) is 14.0 Å². The van der Waals surface area contributed by atoms with Crippen molar-refractivity contribution in [1.82, 2.24) is 0 Å². The molecule has 11 nitrogen and oxygen atoms in total. The van der Waals surface area contributed by atoms with Crippen LogP contribution in [0.25, 0.3) is 0 Å². The average Bonchev–Trinajstić information content (AvgIpc) is 2.95. The van der Waals surface area contributed by atoms with Crippen LogP contribution in [-0.2, 0) is 28.4 Å². The molecule has 3 aliphatic rings. The lowest BCUT2D eigenvalue weighted by molar-refractivity contribution is -0.343. The van der Waals surface area contributed by atoms with Gasteiger partial charge >= 0.3 is 0 Å². The fraction of sp³-hybridized carbons (Fsp3) is 1.00. The number of rotatable bonds is 4. The van der Waals surface area contributed by atoms with Crippen LogP contribution in [-0.4, -0.2) is 107 Å². The molecule has 0 bridgehead atoms. The van der Waals surface area contributed by atoms with Gasteiger partial charge in [-0.1, -0.05) is 0 Å². The number of aliphatic hydroxyl groups excluding tert-OH is 5. The minimum atomic E-state index is -1.60. The maximum atomic E-state index is 10.5. The fourth-order valence-electron chi connectivity index (χ4n) is 3.28. The van der Waals surface area contributed by atoms with Crippen molar-refractivity contribution in [3.63, 3.8) is 0 Å². The highest BCUT2D eigenvalue weighted by atomic mass is 16.9. The first-order valence-electron chi connectivity index (χ1n) is 8.41. The van der Waals surface area contributed by atoms with E-state index in [1.807, 2.05) is 0 Å². The third kappa shape index (κ3) is 3.50. The molecule has 0 spiro atoms. The molecule has 11 heteroatoms. The molecule has 0 aromatic rings. The lowest BCUT2D eigenvalue weighted by atomic mass is 9.97. The molecule has 0 aromatic heterocycles. The first-order valence-corrected chi connectivity index (χ1v) is 8.41. The first kappa shape index (κ1) is 20.3. The summed E-state index contributed by atoms with van der Waals surface area (Å²) in [6.07, 6.45) is -12.0. The third-order valence-corrected chi connectivity index (χ3v) is 4.95. The summed E-state index contributed by atoms with van der Waals surface area (Å²) in [6.45, 7) is 2.54. The predicted molar refractivity (Wildman–Crippen MR) is 80.4 cm³/mol. The third-order valence-electron chi connectivity index (χ3n) is 4.95. The minimum absolute atomic E-state index is 0.592. The van der Waals surface area contributed by atoms with Crippen LogP contribution in [0.15, 0.2) is 0 Å². The molecular formula is C15H26O11. The molecule has 3 heterocycles. The van der Waals surface area contributed by atoms with Crippen molar-refractivity contribution < 1.29 is 54.0 Å². The van der Waals surface area contributed by atoms with Crippen LogP contribution in [0.1, 0.15) is 13.8 Å². The standard InChI is InChI=1S/C15H26O11/c1-5-7(17)11(12-14(22-5)26-15(2,21-3)25-12)24-13-10(20)9(19)8(18)6(4-16)23-13/h5-14,16-20H,4H2,1-3H3/t5-,6+,7-,8+,9-,10+,11-,12+,13+,14+,15?/m0/s1. The first-order chi connectivity index (χ1) is 12.2. The number of ether oxygens (including phenoxy) is 6. The van der Waals surface area contributed by atoms with Crippen LogP contribution in [0.2, 0.25) is 0 Å². The van der Waals surface area contributed by atoms with Crippen LogP contribution in [0, 0.1) is 0 Å². The average molecular weight is 382 g/mol. The van der Waals surface area contributed by atoms with E-state index in [1.165, 1.54) is 14.0 Å². The summed E-state index contributed by atoms with van der Waals surface area (Å²) >= 11 is 0. The highest BCUT2D eigenvalue weighted by Gasteiger charge is 2.57. The number of aliphatic hydroxyl groups is 5. The van der Waals surface area contributed by atoms with Gasteiger partial charge in [-0.05, 0) is 6.92 Å². The van der Waals surface area contributed by atoms with Gasteiger partial charge < -0.3 is 49.2 Å². The van der Waals surface area contributed by atoms with E-state index < -0.39 is 74.0 Å². The van der Waals surface area contributed by atoms with Crippen molar-refractivity contribution in [2.45, 2.75) is 81.2 Å². The number of fused-ring (bicyclic) bond motifs is 1. The Morgan fingerprint density at radius 2 is 1.65 bits per heavy atom. The molecule has 3 rings (SSSR count). The van der Waals surface area contributed by atoms with Gasteiger partial charge in [0.05, 0.1) is 12.7 Å². The maximum Gasteiger partial charge on any atom is 0.282 e. The van der Waals surface area contributed by atoms with E-state index in [4.69, 9.17) is 28.4 Å². The van der Waals surface area contributed by atoms with Gasteiger partial charge in [0.1, 0.15) is 42.7 Å². The van der Waals surface area contributed by atoms with E-state index in [9.17, 15) is 25.5 Å². The van der Waals surface area contributed by atoms with Gasteiger partial charge in [-0.25, -0.2) is 0 Å². The molecule has 3 fully saturated rings. The number of hydrogen-bond donors (Lipinski definition) is 5. The fourth-order valence-corrected chi connectivity index (χ4v) is 3.28. The van der Waals surface area contributed by atoms with Gasteiger partial charge in [0.2, 0.25) is 0 Å². The lowest BCUT2D eigenvalue weighted by Crippen LogP contribution is -2.63. The zero-order chi connectivity index (χ0) is 19.2. The van der Waals surface area contributed by atoms with Crippen molar-refractivity contribution in [2.75, 3.05) is 13.7 Å². The second kappa shape index (κ2) is 7.53. The van der Waals surface area contributed by atoms with E-state index >= 15 is 0 Å². The van der Waals surface area contributed by atoms with Crippen LogP contribution >= 0.6 is 0 Å². The van der Waals surface area contributed by atoms with E-state index in [0.29, 0.717) is 0 Å². The Hall–Kier alpha value is -0.440. The van der Waals surface area contributed by atoms with E-state index in [0.717, 1.165) is 0 Å². The summed E-state index contributed by atoms with van der Waals surface area (Å²) in [7, 11) is 1.38. The molecular weight excluding hydrogens is 356 g/mol. The summed E-state index contributed by atoms with van der Waals surface area (Å²) in [5.74, 6) is -1.41. The molecule has 1 unspecified atom stereocenters. The molecule has 0 saturated carbocycles. The van der Waals surface area contributed by atoms with Crippen molar-refractivity contribution in [3.05, 3.63) is 0 Å². The summed E-state index contributed by atoms with van der Waals surface area (Å²) in [6, 6.07) is 0. The number of methoxy groups -OCH3 is 1. The topological polar surface area (TPSA) is 157 Å². The summed E-state index contributed by atoms with van der Waals surface area (Å²) in [5, 5.41) is 49.6. The number of hydrogen-bond acceptors (Lipinski definition) is 11. The smallest absolute Gasteiger partial charge is 0.282 e.